The van der Waals surface area contributed by atoms with Crippen LogP contribution in [0.1, 0.15) is 0 Å². The Morgan fingerprint density at radius 2 is 0.833 bits per heavy atom. The van der Waals surface area contributed by atoms with Crippen molar-refractivity contribution < 1.29 is 0 Å². The third-order valence-corrected chi connectivity index (χ3v) is 11.7. The van der Waals surface area contributed by atoms with Gasteiger partial charge < -0.3 is 0 Å². The molecule has 0 amide bonds. The zero-order valence-corrected chi connectivity index (χ0v) is 28.0. The van der Waals surface area contributed by atoms with Gasteiger partial charge in [-0.25, -0.2) is 0 Å². The van der Waals surface area contributed by atoms with Crippen LogP contribution in [0.4, 0.5) is 17.1 Å². The van der Waals surface area contributed by atoms with Gasteiger partial charge in [0.05, 0.1) is 0 Å². The van der Waals surface area contributed by atoms with Crippen molar-refractivity contribution in [2.75, 3.05) is 4.90 Å². The van der Waals surface area contributed by atoms with Gasteiger partial charge in [0.2, 0.25) is 0 Å². The molecular formula is C46H31NSe. The fourth-order valence-electron chi connectivity index (χ4n) is 6.85. The summed E-state index contributed by atoms with van der Waals surface area (Å²) in [5, 5.41) is 5.44. The van der Waals surface area contributed by atoms with Crippen LogP contribution in [0.5, 0.6) is 0 Å². The van der Waals surface area contributed by atoms with Gasteiger partial charge in [-0.1, -0.05) is 0 Å². The van der Waals surface area contributed by atoms with E-state index in [2.05, 4.69) is 193 Å². The van der Waals surface area contributed by atoms with Crippen molar-refractivity contribution in [3.05, 3.63) is 188 Å². The van der Waals surface area contributed by atoms with Crippen LogP contribution in [0.3, 0.4) is 0 Å². The average Bonchev–Trinajstić information content (AvgIpc) is 3.55. The molecule has 226 valence electrons. The van der Waals surface area contributed by atoms with E-state index in [1.54, 1.807) is 0 Å². The van der Waals surface area contributed by atoms with Crippen LogP contribution in [0.2, 0.25) is 0 Å². The van der Waals surface area contributed by atoms with Gasteiger partial charge in [0.1, 0.15) is 0 Å². The van der Waals surface area contributed by atoms with Crippen molar-refractivity contribution in [2.45, 2.75) is 0 Å². The Bertz CT molecular complexity index is 2480. The van der Waals surface area contributed by atoms with Crippen molar-refractivity contribution in [3.63, 3.8) is 0 Å². The molecule has 0 aliphatic rings. The van der Waals surface area contributed by atoms with Gasteiger partial charge in [-0.15, -0.1) is 0 Å². The van der Waals surface area contributed by atoms with Crippen molar-refractivity contribution in [1.82, 2.24) is 0 Å². The second-order valence-corrected chi connectivity index (χ2v) is 14.4. The van der Waals surface area contributed by atoms with Gasteiger partial charge in [0.15, 0.2) is 0 Å². The van der Waals surface area contributed by atoms with Gasteiger partial charge >= 0.3 is 288 Å². The third kappa shape index (κ3) is 5.22. The summed E-state index contributed by atoms with van der Waals surface area (Å²) in [6.07, 6.45) is 0. The molecule has 48 heavy (non-hydrogen) atoms. The molecular weight excluding hydrogens is 645 g/mol. The molecule has 1 heterocycles. The number of hydrogen-bond donors (Lipinski definition) is 0. The first kappa shape index (κ1) is 28.6. The van der Waals surface area contributed by atoms with E-state index in [4.69, 9.17) is 0 Å². The molecule has 2 heteroatoms. The molecule has 1 aromatic heterocycles. The van der Waals surface area contributed by atoms with Crippen LogP contribution in [-0.4, -0.2) is 14.5 Å². The molecule has 0 bridgehead atoms. The Morgan fingerprint density at radius 1 is 0.312 bits per heavy atom. The van der Waals surface area contributed by atoms with E-state index < -0.39 is 0 Å². The number of nitrogens with zero attached hydrogens (tertiary/aromatic N) is 1. The Labute approximate surface area is 286 Å². The quantitative estimate of drug-likeness (QED) is 0.159. The normalized spacial score (nSPS) is 11.3. The SMILES string of the molecule is c1ccc(-c2ccc(N(c3cc(-c4ccccc4)cc(-c4ccccc4)c3)c3ccc4c(c3)[se]c3c5ccccc5ccc43)cc2)cc1. The Hall–Kier alpha value is -5.66. The van der Waals surface area contributed by atoms with Crippen molar-refractivity contribution >= 4 is 61.6 Å². The van der Waals surface area contributed by atoms with Crippen LogP contribution in [-0.2, 0) is 0 Å². The maximum atomic E-state index is 2.44. The summed E-state index contributed by atoms with van der Waals surface area (Å²) in [5.41, 5.74) is 10.7. The first-order chi connectivity index (χ1) is 23.8. The second-order valence-electron chi connectivity index (χ2n) is 12.2. The van der Waals surface area contributed by atoms with Gasteiger partial charge in [-0.2, -0.15) is 0 Å². The number of rotatable bonds is 6. The standard InChI is InChI=1S/C46H31NSe/c1-4-12-32(13-5-1)35-20-23-39(24-21-35)47(40-25-27-43-44-26-22-36-18-10-11-19-42(36)46(44)48-45(43)31-40)41-29-37(33-14-6-2-7-15-33)28-38(30-41)34-16-8-3-9-17-34/h1-31H. The summed E-state index contributed by atoms with van der Waals surface area (Å²) in [4.78, 5) is 2.44. The van der Waals surface area contributed by atoms with Crippen LogP contribution >= 0.6 is 0 Å². The summed E-state index contributed by atoms with van der Waals surface area (Å²) < 4.78 is 2.92. The Balaban J connectivity index is 1.26. The summed E-state index contributed by atoms with van der Waals surface area (Å²) in [6, 6.07) is 68.6. The second kappa shape index (κ2) is 12.2. The molecule has 8 aromatic carbocycles. The fourth-order valence-corrected chi connectivity index (χ4v) is 9.52. The molecule has 0 spiro atoms. The van der Waals surface area contributed by atoms with Gasteiger partial charge in [-0.3, -0.25) is 0 Å². The summed E-state index contributed by atoms with van der Waals surface area (Å²) in [5.74, 6) is 0. The minimum absolute atomic E-state index is 0.214. The van der Waals surface area contributed by atoms with Gasteiger partial charge in [-0.05, 0) is 0 Å². The summed E-state index contributed by atoms with van der Waals surface area (Å²) >= 11 is 0.214. The predicted molar refractivity (Wildman–Crippen MR) is 207 cm³/mol. The third-order valence-electron chi connectivity index (χ3n) is 9.23. The zero-order chi connectivity index (χ0) is 31.9. The molecule has 0 atom stereocenters. The Morgan fingerprint density at radius 3 is 1.48 bits per heavy atom. The first-order valence-corrected chi connectivity index (χ1v) is 18.1. The number of benzene rings is 8. The molecule has 0 fully saturated rings. The molecule has 9 rings (SSSR count). The first-order valence-electron chi connectivity index (χ1n) is 16.3. The van der Waals surface area contributed by atoms with Gasteiger partial charge in [0.25, 0.3) is 0 Å². The molecule has 0 aliphatic carbocycles. The van der Waals surface area contributed by atoms with E-state index in [1.165, 1.54) is 69.1 Å². The topological polar surface area (TPSA) is 3.24 Å². The number of fused-ring (bicyclic) bond motifs is 5. The van der Waals surface area contributed by atoms with E-state index >= 15 is 0 Å². The summed E-state index contributed by atoms with van der Waals surface area (Å²) in [6.45, 7) is 0. The van der Waals surface area contributed by atoms with Gasteiger partial charge in [0, 0.05) is 0 Å². The fraction of sp³-hybridized carbons (Fsp3) is 0. The van der Waals surface area contributed by atoms with E-state index in [0.29, 0.717) is 0 Å². The molecule has 0 saturated heterocycles. The predicted octanol–water partition coefficient (Wildman–Crippen LogP) is 12.7. The van der Waals surface area contributed by atoms with Crippen LogP contribution in [0.15, 0.2) is 188 Å². The van der Waals surface area contributed by atoms with Crippen molar-refractivity contribution in [1.29, 1.82) is 0 Å². The van der Waals surface area contributed by atoms with E-state index in [9.17, 15) is 0 Å². The minimum atomic E-state index is 0.214. The molecule has 0 aliphatic heterocycles. The summed E-state index contributed by atoms with van der Waals surface area (Å²) in [7, 11) is 0. The van der Waals surface area contributed by atoms with Crippen molar-refractivity contribution in [2.24, 2.45) is 0 Å². The monoisotopic (exact) mass is 677 g/mol. The van der Waals surface area contributed by atoms with Crippen LogP contribution < -0.4 is 4.90 Å². The van der Waals surface area contributed by atoms with Crippen LogP contribution in [0, 0.1) is 0 Å². The molecule has 9 aromatic rings. The van der Waals surface area contributed by atoms with Crippen LogP contribution in [0.25, 0.3) is 63.4 Å². The average molecular weight is 677 g/mol. The van der Waals surface area contributed by atoms with E-state index in [-0.39, 0.29) is 14.5 Å². The molecule has 0 radical (unpaired) electrons. The molecule has 0 N–H and O–H groups in total. The molecule has 0 saturated carbocycles. The zero-order valence-electron chi connectivity index (χ0n) is 26.3. The molecule has 0 unspecified atom stereocenters. The number of hydrogen-bond acceptors (Lipinski definition) is 1. The van der Waals surface area contributed by atoms with Crippen molar-refractivity contribution in [3.8, 4) is 33.4 Å². The molecule has 1 nitrogen and oxygen atoms in total. The maximum absolute atomic E-state index is 2.44. The Kier molecular flexibility index (Phi) is 7.24. The number of anilines is 3. The van der Waals surface area contributed by atoms with E-state index in [0.717, 1.165) is 11.4 Å². The van der Waals surface area contributed by atoms with E-state index in [1.807, 2.05) is 0 Å².